The topological polar surface area (TPSA) is 135 Å². The number of aromatic nitrogens is 1. The van der Waals surface area contributed by atoms with E-state index in [1.165, 1.54) is 56.7 Å². The second-order valence-electron chi connectivity index (χ2n) is 9.05. The van der Waals surface area contributed by atoms with Crippen LogP contribution in [0.3, 0.4) is 0 Å². The van der Waals surface area contributed by atoms with E-state index in [0.717, 1.165) is 47.8 Å². The van der Waals surface area contributed by atoms with Crippen LogP contribution in [-0.2, 0) is 6.54 Å². The number of rotatable bonds is 15. The van der Waals surface area contributed by atoms with Crippen LogP contribution in [0.15, 0.2) is 48.5 Å². The monoisotopic (exact) mass is 545 g/mol. The largest absolute Gasteiger partial charge is 0.497 e. The second kappa shape index (κ2) is 14.1. The number of unbranched alkanes of at least 4 members (excludes halogenated alkanes) is 7. The summed E-state index contributed by atoms with van der Waals surface area (Å²) in [5, 5.41) is 12.4. The number of aryl methyl sites for hydroxylation is 1. The van der Waals surface area contributed by atoms with E-state index in [9.17, 15) is 24.1 Å². The van der Waals surface area contributed by atoms with Crippen molar-refractivity contribution in [3.05, 3.63) is 69.9 Å². The van der Waals surface area contributed by atoms with Gasteiger partial charge in [0.25, 0.3) is 0 Å². The van der Waals surface area contributed by atoms with Gasteiger partial charge in [0.2, 0.25) is 11.2 Å². The fourth-order valence-electron chi connectivity index (χ4n) is 4.41. The predicted octanol–water partition coefficient (Wildman–Crippen LogP) is 3.63. The van der Waals surface area contributed by atoms with Gasteiger partial charge in [-0.05, 0) is 30.7 Å². The molecule has 0 aliphatic carbocycles. The van der Waals surface area contributed by atoms with Crippen molar-refractivity contribution in [3.8, 4) is 11.5 Å². The molecule has 10 heteroatoms. The van der Waals surface area contributed by atoms with Crippen LogP contribution in [0.2, 0.25) is 0 Å². The lowest BCUT2D eigenvalue weighted by atomic mass is 10.1. The number of hydrogen-bond acceptors (Lipinski definition) is 7. The average Bonchev–Trinajstić information content (AvgIpc) is 2.88. The van der Waals surface area contributed by atoms with Gasteiger partial charge in [0, 0.05) is 36.3 Å². The maximum absolute atomic E-state index is 11.4. The number of nitro groups is 1. The van der Waals surface area contributed by atoms with Gasteiger partial charge in [-0.3, -0.25) is 10.1 Å². The van der Waals surface area contributed by atoms with E-state index < -0.39 is 26.6 Å². The van der Waals surface area contributed by atoms with Crippen molar-refractivity contribution in [3.63, 3.8) is 0 Å². The zero-order valence-corrected chi connectivity index (χ0v) is 22.5. The molecule has 1 heterocycles. The lowest BCUT2D eigenvalue weighted by molar-refractivity contribution is -1.91. The zero-order valence-electron chi connectivity index (χ0n) is 21.8. The molecule has 38 heavy (non-hydrogen) atoms. The van der Waals surface area contributed by atoms with Gasteiger partial charge >= 0.3 is 11.4 Å². The summed E-state index contributed by atoms with van der Waals surface area (Å²) < 4.78 is 45.7. The number of methoxy groups -OCH3 is 1. The van der Waals surface area contributed by atoms with Crippen LogP contribution in [0.5, 0.6) is 11.5 Å². The summed E-state index contributed by atoms with van der Waals surface area (Å²) in [6.45, 7) is 2.96. The van der Waals surface area contributed by atoms with E-state index in [2.05, 4.69) is 15.8 Å². The predicted molar refractivity (Wildman–Crippen MR) is 136 cm³/mol. The number of benzene rings is 2. The fourth-order valence-corrected chi connectivity index (χ4v) is 4.77. The van der Waals surface area contributed by atoms with Gasteiger partial charge in [-0.2, -0.15) is 18.5 Å². The van der Waals surface area contributed by atoms with Crippen LogP contribution in [0.4, 0.5) is 5.69 Å². The molecule has 2 aromatic carbocycles. The van der Waals surface area contributed by atoms with Crippen molar-refractivity contribution >= 4 is 28.7 Å². The Morgan fingerprint density at radius 1 is 0.921 bits per heavy atom. The number of hydrogen-bond donors (Lipinski definition) is 0. The highest BCUT2D eigenvalue weighted by Gasteiger charge is 2.31. The van der Waals surface area contributed by atoms with Crippen LogP contribution in [0.25, 0.3) is 23.1 Å². The molecule has 0 saturated carbocycles. The molecule has 1 aromatic heterocycles. The smallest absolute Gasteiger partial charge is 0.371 e. The number of pyridine rings is 1. The van der Waals surface area contributed by atoms with Gasteiger partial charge in [-0.1, -0.05) is 61.9 Å². The Hall–Kier alpha value is -3.24. The summed E-state index contributed by atoms with van der Waals surface area (Å²) in [6.07, 6.45) is 12.8. The zero-order chi connectivity index (χ0) is 27.5. The maximum Gasteiger partial charge on any atom is 0.371 e. The molecule has 9 nitrogen and oxygen atoms in total. The molecule has 0 aliphatic rings. The van der Waals surface area contributed by atoms with Crippen molar-refractivity contribution < 1.29 is 42.7 Å². The van der Waals surface area contributed by atoms with E-state index in [0.29, 0.717) is 0 Å². The first kappa shape index (κ1) is 29.3. The minimum Gasteiger partial charge on any atom is -0.497 e. The molecule has 3 aromatic rings. The molecule has 0 radical (unpaired) electrons. The Balaban J connectivity index is 1.90. The van der Waals surface area contributed by atoms with Crippen molar-refractivity contribution in [1.29, 1.82) is 0 Å². The third-order valence-electron chi connectivity index (χ3n) is 6.33. The van der Waals surface area contributed by atoms with E-state index in [1.807, 2.05) is 30.3 Å². The van der Waals surface area contributed by atoms with Crippen LogP contribution < -0.4 is 27.6 Å². The fraction of sp³-hybridized carbons (Fsp3) is 0.393. The number of para-hydroxylation sites is 1. The highest BCUT2D eigenvalue weighted by molar-refractivity contribution is 5.79. The normalized spacial score (nSPS) is 11.8. The standard InChI is InChI=1S/C28H34ClN2O7/c1-3-4-5-6-7-8-9-10-20-30-24(17-15-23-21-25(37-2)18-19-26(23)30)16-14-22-12-11-13-27(31(35)36)28(22)38-29(32,33)34/h11-19,21H,3-10,20H2,1-2H3/q+1. The first-order valence-electron chi connectivity index (χ1n) is 12.8. The lowest BCUT2D eigenvalue weighted by Gasteiger charge is -2.13. The first-order valence-corrected chi connectivity index (χ1v) is 14.0. The van der Waals surface area contributed by atoms with Crippen LogP contribution in [0, 0.1) is 20.4 Å². The van der Waals surface area contributed by atoms with Crippen LogP contribution in [0.1, 0.15) is 69.5 Å². The molecule has 0 spiro atoms. The molecule has 0 atom stereocenters. The van der Waals surface area contributed by atoms with Crippen molar-refractivity contribution in [2.75, 3.05) is 7.11 Å². The molecule has 0 saturated heterocycles. The summed E-state index contributed by atoms with van der Waals surface area (Å²) in [5.74, 6) is 0.126. The minimum absolute atomic E-state index is 0.0968. The van der Waals surface area contributed by atoms with Gasteiger partial charge in [-0.15, -0.1) is 0 Å². The Kier molecular flexibility index (Phi) is 10.8. The number of fused-ring (bicyclic) bond motifs is 1. The summed E-state index contributed by atoms with van der Waals surface area (Å²) in [5.41, 5.74) is 1.29. The molecule has 0 fully saturated rings. The van der Waals surface area contributed by atoms with Gasteiger partial charge < -0.3 is 4.74 Å². The summed E-state index contributed by atoms with van der Waals surface area (Å²) in [6, 6.07) is 13.6. The molecule has 0 bridgehead atoms. The SMILES string of the molecule is CCCCCCCCCC[n+]1c(C=Cc2cccc([N+](=O)[O-])c2O[Cl+3]([O-])([O-])[O-])ccc2cc(OC)ccc21. The molecule has 3 rings (SSSR count). The molecule has 0 aliphatic heterocycles. The number of halogens is 1. The van der Waals surface area contributed by atoms with E-state index >= 15 is 0 Å². The van der Waals surface area contributed by atoms with E-state index in [4.69, 9.17) is 4.74 Å². The Labute approximate surface area is 224 Å². The maximum atomic E-state index is 11.4. The first-order chi connectivity index (χ1) is 18.2. The third kappa shape index (κ3) is 8.39. The molecular formula is C28H34ClN2O7+. The Morgan fingerprint density at radius 2 is 1.63 bits per heavy atom. The Bertz CT molecular complexity index is 1260. The number of nitro benzene ring substituents is 1. The molecule has 204 valence electrons. The molecular weight excluding hydrogens is 512 g/mol. The van der Waals surface area contributed by atoms with Gasteiger partial charge in [0.05, 0.1) is 17.4 Å². The number of nitrogens with zero attached hydrogens (tertiary/aromatic N) is 2. The van der Waals surface area contributed by atoms with Gasteiger partial charge in [0.1, 0.15) is 22.5 Å². The average molecular weight is 546 g/mol. The number of ether oxygens (including phenoxy) is 1. The minimum atomic E-state index is -4.91. The summed E-state index contributed by atoms with van der Waals surface area (Å²) in [7, 11) is -3.29. The quantitative estimate of drug-likeness (QED) is 0.123. The van der Waals surface area contributed by atoms with E-state index in [-0.39, 0.29) is 5.56 Å². The van der Waals surface area contributed by atoms with Gasteiger partial charge in [0.15, 0.2) is 0 Å². The second-order valence-corrected chi connectivity index (χ2v) is 9.96. The van der Waals surface area contributed by atoms with E-state index in [1.54, 1.807) is 13.2 Å². The van der Waals surface area contributed by atoms with Crippen LogP contribution >= 0.6 is 0 Å². The molecule has 0 N–H and O–H groups in total. The molecule has 0 unspecified atom stereocenters. The highest BCUT2D eigenvalue weighted by atomic mass is 35.7. The van der Waals surface area contributed by atoms with Crippen molar-refractivity contribution in [1.82, 2.24) is 0 Å². The Morgan fingerprint density at radius 3 is 2.29 bits per heavy atom. The van der Waals surface area contributed by atoms with Gasteiger partial charge in [-0.25, -0.2) is 0 Å². The molecule has 0 amide bonds. The van der Waals surface area contributed by atoms with Crippen LogP contribution in [-0.4, -0.2) is 12.0 Å². The van der Waals surface area contributed by atoms with Crippen molar-refractivity contribution in [2.45, 2.75) is 64.8 Å². The summed E-state index contributed by atoms with van der Waals surface area (Å²) in [4.78, 5) is 10.6. The third-order valence-corrected chi connectivity index (χ3v) is 6.68. The van der Waals surface area contributed by atoms with Crippen molar-refractivity contribution in [2.24, 2.45) is 0 Å². The summed E-state index contributed by atoms with van der Waals surface area (Å²) >= 11 is 0. The highest BCUT2D eigenvalue weighted by Crippen LogP contribution is 2.33. The lowest BCUT2D eigenvalue weighted by Crippen LogP contribution is -2.63.